The Morgan fingerprint density at radius 2 is 2.00 bits per heavy atom. The van der Waals surface area contributed by atoms with Crippen LogP contribution in [-0.2, 0) is 4.79 Å². The van der Waals surface area contributed by atoms with Crippen molar-refractivity contribution in [3.05, 3.63) is 6.92 Å². The molecule has 0 radical (unpaired) electrons. The van der Waals surface area contributed by atoms with Gasteiger partial charge in [0.15, 0.2) is 0 Å². The second kappa shape index (κ2) is 9.08. The molecule has 0 rings (SSSR count). The van der Waals surface area contributed by atoms with Gasteiger partial charge in [-0.2, -0.15) is 0 Å². The van der Waals surface area contributed by atoms with Gasteiger partial charge in [-0.3, -0.25) is 0 Å². The van der Waals surface area contributed by atoms with Gasteiger partial charge in [0, 0.05) is 0 Å². The second-order valence-electron chi connectivity index (χ2n) is 0.455. The fourth-order valence-corrected chi connectivity index (χ4v) is 0. The molecule has 0 aromatic carbocycles. The van der Waals surface area contributed by atoms with Crippen LogP contribution >= 0.6 is 0 Å². The molecule has 24 valence electrons. The van der Waals surface area contributed by atoms with Crippen LogP contribution in [0.3, 0.4) is 0 Å². The number of hydrogen-bond donors (Lipinski definition) is 0. The average Bonchev–Trinajstić information content (AvgIpc) is 1.37. The monoisotopic (exact) mass is 142 g/mol. The van der Waals surface area contributed by atoms with Crippen LogP contribution in [0.25, 0.3) is 0 Å². The smallest absolute Gasteiger partial charge is 0.337 e. The first-order valence-corrected chi connectivity index (χ1v) is 1.14. The molecule has 0 atom stereocenters. The zero-order chi connectivity index (χ0) is 3.41. The fraction of sp³-hybridized carbons (Fsp3) is 0.333. The van der Waals surface area contributed by atoms with Crippen LogP contribution in [0.2, 0.25) is 0 Å². The zero-order valence-electron chi connectivity index (χ0n) is 3.40. The summed E-state index contributed by atoms with van der Waals surface area (Å²) in [7, 11) is 0. The quantitative estimate of drug-likeness (QED) is 0.290. The van der Waals surface area contributed by atoms with Crippen LogP contribution in [0.4, 0.5) is 0 Å². The van der Waals surface area contributed by atoms with Crippen molar-refractivity contribution in [2.45, 2.75) is 6.42 Å². The molecule has 0 unspecified atom stereocenters. The second-order valence-corrected chi connectivity index (χ2v) is 0.455. The fourth-order valence-electron chi connectivity index (χ4n) is 0. The molecule has 0 saturated heterocycles. The molecule has 2 heteroatoms. The Bertz CT molecular complexity index is 20.9. The summed E-state index contributed by atoms with van der Waals surface area (Å²) in [5.41, 5.74) is 0. The van der Waals surface area contributed by atoms with Crippen molar-refractivity contribution in [1.82, 2.24) is 0 Å². The van der Waals surface area contributed by atoms with E-state index in [9.17, 15) is 0 Å². The molecule has 0 aliphatic heterocycles. The number of aldehydes is 1. The van der Waals surface area contributed by atoms with Gasteiger partial charge in [-0.05, 0) is 0 Å². The van der Waals surface area contributed by atoms with Gasteiger partial charge in [0.25, 0.3) is 0 Å². The maximum Gasteiger partial charge on any atom is 1.00 e. The van der Waals surface area contributed by atoms with E-state index >= 15 is 0 Å². The van der Waals surface area contributed by atoms with Crippen molar-refractivity contribution in [1.29, 1.82) is 0 Å². The van der Waals surface area contributed by atoms with Gasteiger partial charge in [-0.15, -0.1) is 6.42 Å². The molecule has 1 nitrogen and oxygen atoms in total. The van der Waals surface area contributed by atoms with E-state index in [1.807, 2.05) is 0 Å². The molecular formula is C3H5ORb. The van der Waals surface area contributed by atoms with Crippen LogP contribution in [0.15, 0.2) is 0 Å². The topological polar surface area (TPSA) is 17.1 Å². The molecule has 0 saturated carbocycles. The molecular weight excluding hydrogens is 138 g/mol. The van der Waals surface area contributed by atoms with Crippen LogP contribution in [0, 0.1) is 6.92 Å². The first-order valence-electron chi connectivity index (χ1n) is 1.14. The summed E-state index contributed by atoms with van der Waals surface area (Å²) in [6.45, 7) is 3.24. The Morgan fingerprint density at radius 1 is 1.80 bits per heavy atom. The van der Waals surface area contributed by atoms with Gasteiger partial charge in [-0.1, -0.05) is 0 Å². The summed E-state index contributed by atoms with van der Waals surface area (Å²) in [5, 5.41) is 0. The standard InChI is InChI=1S/C3H5O.Rb/c1-2-3-4;/h3H,1-2H2;/q-1;+1. The number of carbonyl (C=O) groups excluding carboxylic acids is 1. The van der Waals surface area contributed by atoms with E-state index in [-0.39, 0.29) is 58.2 Å². The Labute approximate surface area is 80.9 Å². The van der Waals surface area contributed by atoms with Gasteiger partial charge in [0.1, 0.15) is 0 Å². The number of rotatable bonds is 1. The molecule has 0 aliphatic carbocycles. The molecule has 0 heterocycles. The van der Waals surface area contributed by atoms with Crippen LogP contribution < -0.4 is 58.2 Å². The molecule has 0 aromatic heterocycles. The molecule has 0 bridgehead atoms. The van der Waals surface area contributed by atoms with Gasteiger partial charge in [0.2, 0.25) is 0 Å². The maximum atomic E-state index is 9.11. The van der Waals surface area contributed by atoms with Gasteiger partial charge in [0.05, 0.1) is 6.29 Å². The molecule has 0 spiro atoms. The van der Waals surface area contributed by atoms with Crippen molar-refractivity contribution in [2.24, 2.45) is 0 Å². The number of hydrogen-bond acceptors (Lipinski definition) is 1. The van der Waals surface area contributed by atoms with E-state index in [4.69, 9.17) is 4.79 Å². The molecule has 0 N–H and O–H groups in total. The molecule has 5 heavy (non-hydrogen) atoms. The number of carbonyl (C=O) groups is 1. The molecule has 0 amide bonds. The molecule has 0 fully saturated rings. The largest absolute Gasteiger partial charge is 1.00 e. The summed E-state index contributed by atoms with van der Waals surface area (Å²) in [4.78, 5) is 9.11. The third-order valence-corrected chi connectivity index (χ3v) is 0.118. The summed E-state index contributed by atoms with van der Waals surface area (Å²) in [5.74, 6) is 0. The Morgan fingerprint density at radius 3 is 2.00 bits per heavy atom. The maximum absolute atomic E-state index is 9.11. The minimum Gasteiger partial charge on any atom is -0.337 e. The van der Waals surface area contributed by atoms with Crippen molar-refractivity contribution >= 4 is 6.29 Å². The summed E-state index contributed by atoms with van der Waals surface area (Å²) in [6, 6.07) is 0. The van der Waals surface area contributed by atoms with Gasteiger partial charge in [-0.25, -0.2) is 0 Å². The van der Waals surface area contributed by atoms with Gasteiger partial charge < -0.3 is 11.7 Å². The van der Waals surface area contributed by atoms with E-state index in [1.165, 1.54) is 0 Å². The minimum atomic E-state index is 0. The van der Waals surface area contributed by atoms with Crippen molar-refractivity contribution in [3.63, 3.8) is 0 Å². The SMILES string of the molecule is [CH2-]CC=O.[Rb+]. The van der Waals surface area contributed by atoms with E-state index in [1.54, 1.807) is 0 Å². The van der Waals surface area contributed by atoms with Gasteiger partial charge >= 0.3 is 58.2 Å². The first kappa shape index (κ1) is 9.69. The third kappa shape index (κ3) is 10.8. The summed E-state index contributed by atoms with van der Waals surface area (Å²) in [6.07, 6.45) is 1.15. The van der Waals surface area contributed by atoms with Crippen molar-refractivity contribution in [2.75, 3.05) is 0 Å². The van der Waals surface area contributed by atoms with E-state index in [2.05, 4.69) is 6.92 Å². The Hall–Kier alpha value is 1.48. The van der Waals surface area contributed by atoms with Crippen LogP contribution in [0.5, 0.6) is 0 Å². The zero-order valence-corrected chi connectivity index (χ0v) is 8.32. The van der Waals surface area contributed by atoms with E-state index < -0.39 is 0 Å². The molecule has 0 aliphatic rings. The summed E-state index contributed by atoms with van der Waals surface area (Å²) < 4.78 is 0. The normalized spacial score (nSPS) is 5.00. The molecule has 0 aromatic rings. The average molecular weight is 143 g/mol. The first-order chi connectivity index (χ1) is 1.91. The Balaban J connectivity index is 0. The van der Waals surface area contributed by atoms with Crippen LogP contribution in [-0.4, -0.2) is 6.29 Å². The minimum absolute atomic E-state index is 0. The predicted molar refractivity (Wildman–Crippen MR) is 16.0 cm³/mol. The van der Waals surface area contributed by atoms with E-state index in [0.717, 1.165) is 6.29 Å². The summed E-state index contributed by atoms with van der Waals surface area (Å²) >= 11 is 0. The van der Waals surface area contributed by atoms with Crippen LogP contribution in [0.1, 0.15) is 6.42 Å². The Kier molecular flexibility index (Phi) is 17.6. The third-order valence-electron chi connectivity index (χ3n) is 0.118. The van der Waals surface area contributed by atoms with Crippen molar-refractivity contribution < 1.29 is 63.0 Å². The predicted octanol–water partition coefficient (Wildman–Crippen LogP) is -2.59. The van der Waals surface area contributed by atoms with Crippen molar-refractivity contribution in [3.8, 4) is 0 Å². The van der Waals surface area contributed by atoms with E-state index in [0.29, 0.717) is 6.42 Å².